The summed E-state index contributed by atoms with van der Waals surface area (Å²) in [6.45, 7) is 0. The first kappa shape index (κ1) is 14.4. The van der Waals surface area contributed by atoms with Gasteiger partial charge >= 0.3 is 0 Å². The van der Waals surface area contributed by atoms with Crippen LogP contribution in [0, 0.1) is 0 Å². The van der Waals surface area contributed by atoms with Crippen molar-refractivity contribution in [3.05, 3.63) is 34.8 Å². The SMILES string of the molecule is COC1=C(OC)C2(OC)OC2C2=C1c1cc(OC)cc(OC)c12. The minimum absolute atomic E-state index is 0.217. The van der Waals surface area contributed by atoms with E-state index < -0.39 is 5.79 Å². The Bertz CT molecular complexity index is 763. The molecule has 1 aliphatic heterocycles. The lowest BCUT2D eigenvalue weighted by Crippen LogP contribution is -2.32. The highest BCUT2D eigenvalue weighted by Crippen LogP contribution is 2.65. The Morgan fingerprint density at radius 1 is 0.957 bits per heavy atom. The van der Waals surface area contributed by atoms with Crippen LogP contribution < -0.4 is 9.47 Å². The zero-order valence-electron chi connectivity index (χ0n) is 13.7. The van der Waals surface area contributed by atoms with Gasteiger partial charge < -0.3 is 28.4 Å². The van der Waals surface area contributed by atoms with E-state index in [-0.39, 0.29) is 6.10 Å². The van der Waals surface area contributed by atoms with Crippen LogP contribution in [0.3, 0.4) is 0 Å². The van der Waals surface area contributed by atoms with Crippen LogP contribution in [0.25, 0.3) is 11.1 Å². The van der Waals surface area contributed by atoms with Crippen LogP contribution >= 0.6 is 0 Å². The largest absolute Gasteiger partial charge is 0.497 e. The molecule has 0 N–H and O–H groups in total. The quantitative estimate of drug-likeness (QED) is 0.776. The summed E-state index contributed by atoms with van der Waals surface area (Å²) in [6, 6.07) is 3.83. The summed E-state index contributed by atoms with van der Waals surface area (Å²) in [5, 5.41) is 0. The zero-order chi connectivity index (χ0) is 16.4. The molecule has 1 aromatic carbocycles. The third-order valence-electron chi connectivity index (χ3n) is 4.64. The van der Waals surface area contributed by atoms with Crippen molar-refractivity contribution < 1.29 is 28.4 Å². The highest BCUT2D eigenvalue weighted by atomic mass is 16.8. The van der Waals surface area contributed by atoms with E-state index in [1.807, 2.05) is 12.1 Å². The van der Waals surface area contributed by atoms with Crippen LogP contribution in [0.5, 0.6) is 11.5 Å². The molecule has 0 bridgehead atoms. The predicted molar refractivity (Wildman–Crippen MR) is 82.0 cm³/mol. The topological polar surface area (TPSA) is 58.7 Å². The van der Waals surface area contributed by atoms with Gasteiger partial charge in [-0.3, -0.25) is 0 Å². The summed E-state index contributed by atoms with van der Waals surface area (Å²) in [7, 11) is 8.07. The summed E-state index contributed by atoms with van der Waals surface area (Å²) in [5.74, 6) is 1.75. The van der Waals surface area contributed by atoms with Gasteiger partial charge in [-0.25, -0.2) is 0 Å². The molecule has 3 aliphatic rings. The summed E-state index contributed by atoms with van der Waals surface area (Å²) < 4.78 is 33.5. The fourth-order valence-corrected chi connectivity index (χ4v) is 3.57. The van der Waals surface area contributed by atoms with E-state index in [1.54, 1.807) is 35.5 Å². The van der Waals surface area contributed by atoms with Gasteiger partial charge in [0.25, 0.3) is 5.79 Å². The van der Waals surface area contributed by atoms with Crippen molar-refractivity contribution in [1.29, 1.82) is 0 Å². The summed E-state index contributed by atoms with van der Waals surface area (Å²) in [4.78, 5) is 0. The molecule has 0 amide bonds. The van der Waals surface area contributed by atoms with Gasteiger partial charge in [-0.15, -0.1) is 0 Å². The van der Waals surface area contributed by atoms with Crippen LogP contribution in [0.2, 0.25) is 0 Å². The van der Waals surface area contributed by atoms with Gasteiger partial charge in [0.05, 0.1) is 28.4 Å². The summed E-state index contributed by atoms with van der Waals surface area (Å²) in [5.41, 5.74) is 4.01. The van der Waals surface area contributed by atoms with Crippen molar-refractivity contribution in [3.63, 3.8) is 0 Å². The molecule has 1 fully saturated rings. The minimum Gasteiger partial charge on any atom is -0.497 e. The Morgan fingerprint density at radius 3 is 2.30 bits per heavy atom. The molecule has 4 rings (SSSR count). The lowest BCUT2D eigenvalue weighted by atomic mass is 9.73. The standard InChI is InChI=1S/C17H18O6/c1-18-8-6-9-11(10(7-8)19-2)13-12(9)14(20-3)16(21-4)17(22-5)15(13)23-17/h6-7,15H,1-5H3. The Hall–Kier alpha value is -2.18. The molecule has 6 nitrogen and oxygen atoms in total. The molecule has 0 spiro atoms. The van der Waals surface area contributed by atoms with E-state index in [0.717, 1.165) is 33.8 Å². The second-order valence-electron chi connectivity index (χ2n) is 5.48. The molecule has 0 aromatic heterocycles. The van der Waals surface area contributed by atoms with Crippen LogP contribution in [-0.2, 0) is 18.9 Å². The molecule has 0 saturated carbocycles. The Morgan fingerprint density at radius 2 is 1.74 bits per heavy atom. The van der Waals surface area contributed by atoms with E-state index in [4.69, 9.17) is 28.4 Å². The first-order valence-electron chi connectivity index (χ1n) is 7.23. The van der Waals surface area contributed by atoms with Crippen LogP contribution in [0.1, 0.15) is 11.1 Å². The monoisotopic (exact) mass is 318 g/mol. The first-order chi connectivity index (χ1) is 11.2. The third kappa shape index (κ3) is 1.55. The van der Waals surface area contributed by atoms with Crippen LogP contribution in [-0.4, -0.2) is 47.4 Å². The fraction of sp³-hybridized carbons (Fsp3) is 0.412. The first-order valence-corrected chi connectivity index (χ1v) is 7.23. The van der Waals surface area contributed by atoms with E-state index in [9.17, 15) is 0 Å². The van der Waals surface area contributed by atoms with Gasteiger partial charge in [0, 0.05) is 35.4 Å². The van der Waals surface area contributed by atoms with Crippen molar-refractivity contribution in [2.75, 3.05) is 35.5 Å². The second-order valence-corrected chi connectivity index (χ2v) is 5.48. The molecule has 1 heterocycles. The number of epoxide rings is 1. The molecule has 2 unspecified atom stereocenters. The smallest absolute Gasteiger partial charge is 0.263 e. The molecule has 0 radical (unpaired) electrons. The summed E-state index contributed by atoms with van der Waals surface area (Å²) >= 11 is 0. The maximum absolute atomic E-state index is 5.87. The van der Waals surface area contributed by atoms with E-state index in [2.05, 4.69) is 0 Å². The van der Waals surface area contributed by atoms with Crippen molar-refractivity contribution in [2.45, 2.75) is 11.9 Å². The highest BCUT2D eigenvalue weighted by Gasteiger charge is 2.70. The molecule has 23 heavy (non-hydrogen) atoms. The molecule has 1 aromatic rings. The molecular formula is C17H18O6. The van der Waals surface area contributed by atoms with Gasteiger partial charge in [-0.05, 0) is 6.07 Å². The number of rotatable bonds is 5. The number of ether oxygens (including phenoxy) is 6. The number of hydrogen-bond acceptors (Lipinski definition) is 6. The number of benzene rings is 1. The minimum atomic E-state index is -0.901. The molecule has 2 atom stereocenters. The number of hydrogen-bond donors (Lipinski definition) is 0. The van der Waals surface area contributed by atoms with Gasteiger partial charge in [0.2, 0.25) is 5.76 Å². The molecular weight excluding hydrogens is 300 g/mol. The maximum Gasteiger partial charge on any atom is 0.263 e. The van der Waals surface area contributed by atoms with Crippen LogP contribution in [0.15, 0.2) is 23.7 Å². The highest BCUT2D eigenvalue weighted by molar-refractivity contribution is 6.14. The van der Waals surface area contributed by atoms with E-state index in [1.165, 1.54) is 0 Å². The predicted octanol–water partition coefficient (Wildman–Crippen LogP) is 2.19. The van der Waals surface area contributed by atoms with Crippen LogP contribution in [0.4, 0.5) is 0 Å². The number of allylic oxidation sites excluding steroid dienone is 1. The van der Waals surface area contributed by atoms with Crippen molar-refractivity contribution in [1.82, 2.24) is 0 Å². The Kier molecular flexibility index (Phi) is 2.92. The molecule has 6 heteroatoms. The number of methoxy groups -OCH3 is 5. The second kappa shape index (κ2) is 4.66. The van der Waals surface area contributed by atoms with Crippen molar-refractivity contribution in [3.8, 4) is 11.5 Å². The normalized spacial score (nSPS) is 26.7. The summed E-state index contributed by atoms with van der Waals surface area (Å²) in [6.07, 6.45) is -0.217. The lowest BCUT2D eigenvalue weighted by Gasteiger charge is -2.34. The van der Waals surface area contributed by atoms with Gasteiger partial charge in [0.1, 0.15) is 17.6 Å². The fourth-order valence-electron chi connectivity index (χ4n) is 3.57. The third-order valence-corrected chi connectivity index (χ3v) is 4.64. The van der Waals surface area contributed by atoms with E-state index in [0.29, 0.717) is 11.5 Å². The Balaban J connectivity index is 1.94. The van der Waals surface area contributed by atoms with Gasteiger partial charge in [-0.2, -0.15) is 0 Å². The van der Waals surface area contributed by atoms with E-state index >= 15 is 0 Å². The maximum atomic E-state index is 5.87. The number of fused-ring (bicyclic) bond motifs is 5. The molecule has 1 saturated heterocycles. The Labute approximate surface area is 134 Å². The van der Waals surface area contributed by atoms with Crippen molar-refractivity contribution >= 4 is 11.1 Å². The van der Waals surface area contributed by atoms with Gasteiger partial charge in [0.15, 0.2) is 5.76 Å². The molecule has 2 aliphatic carbocycles. The molecule has 122 valence electrons. The van der Waals surface area contributed by atoms with Crippen molar-refractivity contribution in [2.24, 2.45) is 0 Å². The average molecular weight is 318 g/mol. The average Bonchev–Trinajstić information content (AvgIpc) is 3.30. The van der Waals surface area contributed by atoms with Gasteiger partial charge in [-0.1, -0.05) is 0 Å². The zero-order valence-corrected chi connectivity index (χ0v) is 13.7. The lowest BCUT2D eigenvalue weighted by molar-refractivity contribution is -0.0239.